The molecular formula is C42H30N2O5. The van der Waals surface area contributed by atoms with E-state index in [9.17, 15) is 9.90 Å². The predicted octanol–water partition coefficient (Wildman–Crippen LogP) is 9.28. The molecule has 0 radical (unpaired) electrons. The average Bonchev–Trinajstić information content (AvgIpc) is 3.59. The first-order valence-corrected chi connectivity index (χ1v) is 15.9. The Morgan fingerprint density at radius 2 is 0.796 bits per heavy atom. The number of hydrogen-bond acceptors (Lipinski definition) is 5. The molecule has 0 aliphatic heterocycles. The smallest absolute Gasteiger partial charge is 0.194 e. The second kappa shape index (κ2) is 10.8. The summed E-state index contributed by atoms with van der Waals surface area (Å²) in [6, 6.07) is 39.5. The van der Waals surface area contributed by atoms with Crippen LogP contribution in [-0.4, -0.2) is 35.6 Å². The van der Waals surface area contributed by atoms with Crippen molar-refractivity contribution in [3.63, 3.8) is 0 Å². The maximum Gasteiger partial charge on any atom is 0.194 e. The van der Waals surface area contributed by atoms with E-state index in [1.807, 2.05) is 91.0 Å². The summed E-state index contributed by atoms with van der Waals surface area (Å²) in [7, 11) is 4.97. The lowest BCUT2D eigenvalue weighted by molar-refractivity contribution is 0.415. The lowest BCUT2D eigenvalue weighted by Gasteiger charge is -2.10. The molecule has 9 rings (SSSR count). The van der Waals surface area contributed by atoms with Crippen LogP contribution < -0.4 is 19.6 Å². The number of ether oxygens (including phenoxy) is 3. The van der Waals surface area contributed by atoms with Crippen molar-refractivity contribution < 1.29 is 19.3 Å². The molecule has 0 saturated heterocycles. The normalized spacial score (nSPS) is 11.7. The van der Waals surface area contributed by atoms with Crippen LogP contribution in [0.1, 0.15) is 0 Å². The number of hydrogen-bond donors (Lipinski definition) is 1. The SMILES string of the molecule is COc1ccc2c(c1)c1cc(O)ccc1n2-c1ccc2ccc3ccc(-n4c5ccc(OC)cc5c5cc(OC)ccc54)cc3c(=O)c2c1. The minimum atomic E-state index is -0.0529. The van der Waals surface area contributed by atoms with Gasteiger partial charge in [-0.3, -0.25) is 4.79 Å². The molecule has 9 aromatic rings. The first-order valence-electron chi connectivity index (χ1n) is 15.9. The van der Waals surface area contributed by atoms with Gasteiger partial charge in [0.2, 0.25) is 0 Å². The molecule has 0 atom stereocenters. The molecule has 49 heavy (non-hydrogen) atoms. The average molecular weight is 643 g/mol. The number of phenolic OH excluding ortho intramolecular Hbond substituents is 1. The van der Waals surface area contributed by atoms with Crippen molar-refractivity contribution in [2.75, 3.05) is 21.3 Å². The highest BCUT2D eigenvalue weighted by molar-refractivity contribution is 6.12. The molecule has 7 heteroatoms. The van der Waals surface area contributed by atoms with Crippen molar-refractivity contribution in [1.82, 2.24) is 9.13 Å². The van der Waals surface area contributed by atoms with Crippen LogP contribution in [0.5, 0.6) is 23.0 Å². The Morgan fingerprint density at radius 1 is 0.429 bits per heavy atom. The molecule has 1 N–H and O–H groups in total. The third-order valence-corrected chi connectivity index (χ3v) is 9.66. The maximum absolute atomic E-state index is 14.6. The number of aromatic hydroxyl groups is 1. The van der Waals surface area contributed by atoms with Gasteiger partial charge in [0.05, 0.1) is 43.4 Å². The van der Waals surface area contributed by atoms with Gasteiger partial charge >= 0.3 is 0 Å². The van der Waals surface area contributed by atoms with Gasteiger partial charge in [-0.05, 0) is 108 Å². The molecule has 0 bridgehead atoms. The van der Waals surface area contributed by atoms with E-state index in [0.29, 0.717) is 10.8 Å². The van der Waals surface area contributed by atoms with E-state index in [1.165, 1.54) is 0 Å². The van der Waals surface area contributed by atoms with Gasteiger partial charge in [0.15, 0.2) is 5.43 Å². The van der Waals surface area contributed by atoms with Crippen molar-refractivity contribution in [2.45, 2.75) is 0 Å². The Labute approximate surface area is 280 Å². The Morgan fingerprint density at radius 3 is 1.20 bits per heavy atom. The molecule has 0 saturated carbocycles. The Hall–Kier alpha value is -6.47. The number of rotatable bonds is 5. The zero-order valence-corrected chi connectivity index (χ0v) is 27.0. The van der Waals surface area contributed by atoms with Gasteiger partial charge in [-0.15, -0.1) is 0 Å². The lowest BCUT2D eigenvalue weighted by atomic mass is 10.1. The van der Waals surface area contributed by atoms with Crippen molar-refractivity contribution in [1.29, 1.82) is 0 Å². The van der Waals surface area contributed by atoms with Crippen LogP contribution in [0.2, 0.25) is 0 Å². The van der Waals surface area contributed by atoms with E-state index < -0.39 is 0 Å². The standard InChI is InChI=1S/C42H30N2O5/c1-47-29-11-15-39-35(21-29)34-20-28(45)10-14-38(34)43(39)26-8-6-24-4-5-25-7-9-27(19-33(25)42(46)32(24)18-26)44-40-16-12-30(48-2)22-36(40)37-23-31(49-3)13-17-41(37)44/h4-23,45H,1-3H3. The number of nitrogens with zero attached hydrogens (tertiary/aromatic N) is 2. The summed E-state index contributed by atoms with van der Waals surface area (Å²) >= 11 is 0. The second-order valence-electron chi connectivity index (χ2n) is 12.2. The van der Waals surface area contributed by atoms with Crippen LogP contribution in [0, 0.1) is 0 Å². The van der Waals surface area contributed by atoms with Crippen LogP contribution in [0.25, 0.3) is 76.5 Å². The molecule has 7 nitrogen and oxygen atoms in total. The fraction of sp³-hybridized carbons (Fsp3) is 0.0714. The van der Waals surface area contributed by atoms with Crippen molar-refractivity contribution >= 4 is 65.2 Å². The number of methoxy groups -OCH3 is 3. The number of phenols is 1. The molecule has 0 fully saturated rings. The largest absolute Gasteiger partial charge is 0.508 e. The van der Waals surface area contributed by atoms with Gasteiger partial charge < -0.3 is 28.5 Å². The second-order valence-corrected chi connectivity index (χ2v) is 12.2. The Balaban J connectivity index is 1.29. The Bertz CT molecular complexity index is 2820. The van der Waals surface area contributed by atoms with E-state index in [4.69, 9.17) is 14.2 Å². The summed E-state index contributed by atoms with van der Waals surface area (Å²) < 4.78 is 21.0. The highest BCUT2D eigenvalue weighted by Crippen LogP contribution is 2.38. The zero-order valence-electron chi connectivity index (χ0n) is 27.0. The summed E-state index contributed by atoms with van der Waals surface area (Å²) in [4.78, 5) is 14.6. The third kappa shape index (κ3) is 4.32. The van der Waals surface area contributed by atoms with Gasteiger partial charge in [0.1, 0.15) is 23.0 Å². The predicted molar refractivity (Wildman–Crippen MR) is 198 cm³/mol. The molecule has 238 valence electrons. The summed E-state index contributed by atoms with van der Waals surface area (Å²) in [5.41, 5.74) is 5.53. The van der Waals surface area contributed by atoms with Crippen LogP contribution in [0.4, 0.5) is 0 Å². The highest BCUT2D eigenvalue weighted by Gasteiger charge is 2.17. The number of fused-ring (bicyclic) bond motifs is 8. The summed E-state index contributed by atoms with van der Waals surface area (Å²) in [6.45, 7) is 0. The fourth-order valence-electron chi connectivity index (χ4n) is 7.28. The summed E-state index contributed by atoms with van der Waals surface area (Å²) in [5.74, 6) is 2.45. The van der Waals surface area contributed by atoms with Gasteiger partial charge in [-0.1, -0.05) is 24.3 Å². The molecule has 0 spiro atoms. The van der Waals surface area contributed by atoms with Crippen LogP contribution in [0.15, 0.2) is 126 Å². The number of benzene rings is 6. The number of aromatic nitrogens is 2. The van der Waals surface area contributed by atoms with E-state index >= 15 is 0 Å². The Kier molecular flexibility index (Phi) is 6.32. The summed E-state index contributed by atoms with van der Waals surface area (Å²) in [6.07, 6.45) is 0. The zero-order chi connectivity index (χ0) is 33.4. The van der Waals surface area contributed by atoms with Gasteiger partial charge in [-0.25, -0.2) is 0 Å². The van der Waals surface area contributed by atoms with Crippen LogP contribution >= 0.6 is 0 Å². The molecule has 2 heterocycles. The molecule has 0 amide bonds. The molecule has 2 aromatic heterocycles. The topological polar surface area (TPSA) is 74.8 Å². The van der Waals surface area contributed by atoms with E-state index in [-0.39, 0.29) is 11.2 Å². The molecule has 0 unspecified atom stereocenters. The van der Waals surface area contributed by atoms with E-state index in [1.54, 1.807) is 33.5 Å². The fourth-order valence-corrected chi connectivity index (χ4v) is 7.28. The van der Waals surface area contributed by atoms with Crippen molar-refractivity contribution in [3.8, 4) is 34.4 Å². The first kappa shape index (κ1) is 28.7. The highest BCUT2D eigenvalue weighted by atomic mass is 16.5. The molecule has 0 aliphatic carbocycles. The minimum Gasteiger partial charge on any atom is -0.508 e. The van der Waals surface area contributed by atoms with Crippen LogP contribution in [-0.2, 0) is 0 Å². The van der Waals surface area contributed by atoms with Crippen molar-refractivity contribution in [2.24, 2.45) is 0 Å². The molecule has 0 aliphatic rings. The van der Waals surface area contributed by atoms with E-state index in [2.05, 4.69) is 27.3 Å². The van der Waals surface area contributed by atoms with Gasteiger partial charge in [-0.2, -0.15) is 0 Å². The monoisotopic (exact) mass is 642 g/mol. The lowest BCUT2D eigenvalue weighted by Crippen LogP contribution is -2.02. The molecular weight excluding hydrogens is 612 g/mol. The first-order chi connectivity index (χ1) is 23.9. The van der Waals surface area contributed by atoms with E-state index in [0.717, 1.165) is 83.0 Å². The third-order valence-electron chi connectivity index (χ3n) is 9.66. The van der Waals surface area contributed by atoms with Gasteiger partial charge in [0, 0.05) is 43.7 Å². The minimum absolute atomic E-state index is 0.0529. The summed E-state index contributed by atoms with van der Waals surface area (Å²) in [5, 5.41) is 17.2. The quantitative estimate of drug-likeness (QED) is 0.203. The molecule has 7 aromatic carbocycles. The maximum atomic E-state index is 14.6. The van der Waals surface area contributed by atoms with Gasteiger partial charge in [0.25, 0.3) is 0 Å². The van der Waals surface area contributed by atoms with Crippen LogP contribution in [0.3, 0.4) is 0 Å². The van der Waals surface area contributed by atoms with Crippen molar-refractivity contribution in [3.05, 3.63) is 132 Å².